The van der Waals surface area contributed by atoms with Gasteiger partial charge in [0.2, 0.25) is 3.79 Å². The molecule has 0 amide bonds. The van der Waals surface area contributed by atoms with Crippen LogP contribution in [0.15, 0.2) is 39.1 Å². The van der Waals surface area contributed by atoms with Gasteiger partial charge in [0.15, 0.2) is 21.8 Å². The van der Waals surface area contributed by atoms with Crippen LogP contribution in [0.25, 0.3) is 0 Å². The molecular formula is C20H27Cl3N4O2S. The highest BCUT2D eigenvalue weighted by Gasteiger charge is 2.46. The normalized spacial score (nSPS) is 24.6. The van der Waals surface area contributed by atoms with Gasteiger partial charge in [-0.3, -0.25) is 0 Å². The number of piperidine rings is 1. The standard InChI is InChI=1S/C20H27Cl3N4O2S/c1-18(2)10-14(11-19(3,4)26-18)27-12-24-16(25-17(27)20(21,22)23)13-6-8-15(9-7-13)30(5,28)29/h6-9,12,14,17,26H,10-11H2,1-5H3. The number of nitrogens with one attached hydrogen (secondary N) is 1. The van der Waals surface area contributed by atoms with Crippen molar-refractivity contribution >= 4 is 56.8 Å². The summed E-state index contributed by atoms with van der Waals surface area (Å²) in [6.45, 7) is 8.63. The molecule has 1 unspecified atom stereocenters. The van der Waals surface area contributed by atoms with Gasteiger partial charge in [-0.25, -0.2) is 18.4 Å². The first-order chi connectivity index (χ1) is 13.6. The van der Waals surface area contributed by atoms with Crippen molar-refractivity contribution in [2.24, 2.45) is 9.98 Å². The Hall–Kier alpha value is -0.860. The summed E-state index contributed by atoms with van der Waals surface area (Å²) in [6.07, 6.45) is 3.79. The molecule has 0 spiro atoms. The number of hydrogen-bond donors (Lipinski definition) is 1. The quantitative estimate of drug-likeness (QED) is 0.641. The summed E-state index contributed by atoms with van der Waals surface area (Å²) in [5, 5.41) is 3.65. The predicted octanol–water partition coefficient (Wildman–Crippen LogP) is 4.19. The third-order valence-corrected chi connectivity index (χ3v) is 6.98. The van der Waals surface area contributed by atoms with E-state index in [-0.39, 0.29) is 22.0 Å². The van der Waals surface area contributed by atoms with Crippen molar-refractivity contribution in [3.05, 3.63) is 29.8 Å². The van der Waals surface area contributed by atoms with Gasteiger partial charge in [0.25, 0.3) is 0 Å². The van der Waals surface area contributed by atoms with Crippen molar-refractivity contribution in [1.29, 1.82) is 0 Å². The van der Waals surface area contributed by atoms with E-state index in [1.54, 1.807) is 18.5 Å². The summed E-state index contributed by atoms with van der Waals surface area (Å²) in [7, 11) is -3.29. The highest BCUT2D eigenvalue weighted by Crippen LogP contribution is 2.40. The van der Waals surface area contributed by atoms with E-state index in [1.807, 2.05) is 4.90 Å². The van der Waals surface area contributed by atoms with Gasteiger partial charge >= 0.3 is 0 Å². The van der Waals surface area contributed by atoms with Crippen LogP contribution in [0.1, 0.15) is 46.1 Å². The van der Waals surface area contributed by atoms with Crippen molar-refractivity contribution < 1.29 is 8.42 Å². The summed E-state index contributed by atoms with van der Waals surface area (Å²) >= 11 is 19.0. The van der Waals surface area contributed by atoms with Gasteiger partial charge in [-0.2, -0.15) is 0 Å². The van der Waals surface area contributed by atoms with E-state index in [9.17, 15) is 8.42 Å². The number of benzene rings is 1. The summed E-state index contributed by atoms with van der Waals surface area (Å²) < 4.78 is 21.7. The van der Waals surface area contributed by atoms with Gasteiger partial charge in [-0.1, -0.05) is 34.8 Å². The first kappa shape index (κ1) is 23.8. The number of aliphatic imine (C=N–C) groups is 2. The lowest BCUT2D eigenvalue weighted by Crippen LogP contribution is -2.64. The van der Waals surface area contributed by atoms with E-state index in [2.05, 4.69) is 43.0 Å². The van der Waals surface area contributed by atoms with Crippen LogP contribution in [0, 0.1) is 0 Å². The minimum absolute atomic E-state index is 0.0820. The zero-order chi connectivity index (χ0) is 22.5. The molecule has 10 heteroatoms. The topological polar surface area (TPSA) is 74.1 Å². The number of amidine groups is 1. The maximum absolute atomic E-state index is 11.7. The summed E-state index contributed by atoms with van der Waals surface area (Å²) in [5.74, 6) is 0.398. The minimum atomic E-state index is -3.29. The molecule has 0 aliphatic carbocycles. The highest BCUT2D eigenvalue weighted by molar-refractivity contribution is 7.90. The Balaban J connectivity index is 1.93. The van der Waals surface area contributed by atoms with Gasteiger partial charge in [0.1, 0.15) is 0 Å². The van der Waals surface area contributed by atoms with E-state index in [0.29, 0.717) is 11.4 Å². The zero-order valence-corrected chi connectivity index (χ0v) is 20.7. The van der Waals surface area contributed by atoms with Crippen molar-refractivity contribution in [2.45, 2.75) is 72.5 Å². The van der Waals surface area contributed by atoms with Gasteiger partial charge < -0.3 is 10.2 Å². The van der Waals surface area contributed by atoms with Crippen LogP contribution in [0.3, 0.4) is 0 Å². The van der Waals surface area contributed by atoms with E-state index in [1.165, 1.54) is 12.1 Å². The van der Waals surface area contributed by atoms with Crippen molar-refractivity contribution in [1.82, 2.24) is 10.2 Å². The lowest BCUT2D eigenvalue weighted by atomic mass is 9.79. The molecule has 0 bridgehead atoms. The Kier molecular flexibility index (Phi) is 6.29. The Morgan fingerprint density at radius 2 is 1.60 bits per heavy atom. The number of alkyl halides is 3. The molecule has 1 saturated heterocycles. The second-order valence-corrected chi connectivity index (χ2v) is 13.7. The van der Waals surface area contributed by atoms with E-state index in [0.717, 1.165) is 19.1 Å². The van der Waals surface area contributed by atoms with Crippen molar-refractivity contribution in [3.8, 4) is 0 Å². The average molecular weight is 494 g/mol. The summed E-state index contributed by atoms with van der Waals surface area (Å²) in [4.78, 5) is 11.3. The first-order valence-corrected chi connectivity index (χ1v) is 12.7. The molecule has 30 heavy (non-hydrogen) atoms. The summed E-state index contributed by atoms with van der Waals surface area (Å²) in [6, 6.07) is 6.45. The third kappa shape index (κ3) is 5.49. The molecular weight excluding hydrogens is 467 g/mol. The SMILES string of the molecule is CC1(C)CC(N2C=NC(c3ccc(S(C)(=O)=O)cc3)=NC2C(Cl)(Cl)Cl)CC(C)(C)N1. The lowest BCUT2D eigenvalue weighted by Gasteiger charge is -2.51. The Bertz CT molecular complexity index is 951. The maximum Gasteiger partial charge on any atom is 0.230 e. The maximum atomic E-state index is 11.7. The second-order valence-electron chi connectivity index (χ2n) is 9.31. The van der Waals surface area contributed by atoms with Crippen LogP contribution in [0.5, 0.6) is 0 Å². The van der Waals surface area contributed by atoms with Crippen LogP contribution >= 0.6 is 34.8 Å². The molecule has 1 aromatic carbocycles. The Labute approximate surface area is 193 Å². The average Bonchev–Trinajstić information content (AvgIpc) is 2.57. The molecule has 1 N–H and O–H groups in total. The number of sulfone groups is 1. The number of rotatable bonds is 3. The summed E-state index contributed by atoms with van der Waals surface area (Å²) in [5.41, 5.74) is 0.469. The molecule has 2 aliphatic rings. The van der Waals surface area contributed by atoms with E-state index < -0.39 is 19.8 Å². The second kappa shape index (κ2) is 7.93. The number of nitrogens with zero attached hydrogens (tertiary/aromatic N) is 3. The molecule has 1 aromatic rings. The molecule has 2 heterocycles. The van der Waals surface area contributed by atoms with Gasteiger partial charge in [0.05, 0.1) is 11.2 Å². The molecule has 0 aromatic heterocycles. The van der Waals surface area contributed by atoms with Crippen LogP contribution in [-0.2, 0) is 9.84 Å². The molecule has 3 rings (SSSR count). The number of hydrogen-bond acceptors (Lipinski definition) is 6. The molecule has 1 atom stereocenters. The number of halogens is 3. The molecule has 6 nitrogen and oxygen atoms in total. The Morgan fingerprint density at radius 3 is 2.07 bits per heavy atom. The van der Waals surface area contributed by atoms with Crippen LogP contribution in [-0.4, -0.2) is 58.8 Å². The predicted molar refractivity (Wildman–Crippen MR) is 125 cm³/mol. The molecule has 0 saturated carbocycles. The first-order valence-electron chi connectivity index (χ1n) is 9.63. The van der Waals surface area contributed by atoms with Gasteiger partial charge in [-0.15, -0.1) is 0 Å². The van der Waals surface area contributed by atoms with Crippen LogP contribution < -0.4 is 5.32 Å². The third-order valence-electron chi connectivity index (χ3n) is 5.26. The molecule has 1 fully saturated rings. The van der Waals surface area contributed by atoms with E-state index >= 15 is 0 Å². The Morgan fingerprint density at radius 1 is 1.07 bits per heavy atom. The largest absolute Gasteiger partial charge is 0.334 e. The fourth-order valence-electron chi connectivity index (χ4n) is 4.42. The molecule has 166 valence electrons. The van der Waals surface area contributed by atoms with Gasteiger partial charge in [-0.05, 0) is 64.8 Å². The lowest BCUT2D eigenvalue weighted by molar-refractivity contribution is 0.0880. The smallest absolute Gasteiger partial charge is 0.230 e. The highest BCUT2D eigenvalue weighted by atomic mass is 35.6. The van der Waals surface area contributed by atoms with E-state index in [4.69, 9.17) is 34.8 Å². The van der Waals surface area contributed by atoms with Crippen LogP contribution in [0.4, 0.5) is 0 Å². The monoisotopic (exact) mass is 492 g/mol. The minimum Gasteiger partial charge on any atom is -0.334 e. The van der Waals surface area contributed by atoms with Crippen molar-refractivity contribution in [2.75, 3.05) is 6.26 Å². The zero-order valence-electron chi connectivity index (χ0n) is 17.7. The van der Waals surface area contributed by atoms with Crippen LogP contribution in [0.2, 0.25) is 0 Å². The van der Waals surface area contributed by atoms with Gasteiger partial charge in [0, 0.05) is 28.9 Å². The molecule has 2 aliphatic heterocycles. The fourth-order valence-corrected chi connectivity index (χ4v) is 5.53. The molecule has 0 radical (unpaired) electrons. The van der Waals surface area contributed by atoms with Crippen molar-refractivity contribution in [3.63, 3.8) is 0 Å². The fraction of sp³-hybridized carbons (Fsp3) is 0.600.